The first-order valence-corrected chi connectivity index (χ1v) is 6.86. The molecule has 96 valence electrons. The van der Waals surface area contributed by atoms with Crippen LogP contribution in [-0.4, -0.2) is 14.9 Å². The maximum atomic E-state index is 10.3. The number of aromatic nitrogens is 2. The second kappa shape index (κ2) is 5.67. The molecule has 0 saturated heterocycles. The van der Waals surface area contributed by atoms with E-state index in [4.69, 9.17) is 0 Å². The summed E-state index contributed by atoms with van der Waals surface area (Å²) in [4.78, 5) is 0. The van der Waals surface area contributed by atoms with Gasteiger partial charge in [0.05, 0.1) is 17.5 Å². The van der Waals surface area contributed by atoms with Crippen LogP contribution in [0.15, 0.2) is 34.8 Å². The van der Waals surface area contributed by atoms with Gasteiger partial charge in [-0.15, -0.1) is 0 Å². The lowest BCUT2D eigenvalue weighted by molar-refractivity contribution is 0.167. The van der Waals surface area contributed by atoms with Gasteiger partial charge in [-0.25, -0.2) is 0 Å². The molecule has 1 aromatic heterocycles. The van der Waals surface area contributed by atoms with Crippen molar-refractivity contribution in [3.05, 3.63) is 51.8 Å². The van der Waals surface area contributed by atoms with Crippen LogP contribution >= 0.6 is 15.9 Å². The third kappa shape index (κ3) is 3.00. The summed E-state index contributed by atoms with van der Waals surface area (Å²) in [5, 5.41) is 14.7. The molecule has 0 aliphatic rings. The van der Waals surface area contributed by atoms with E-state index in [2.05, 4.69) is 21.0 Å². The minimum Gasteiger partial charge on any atom is -0.386 e. The molecule has 0 spiro atoms. The number of aryl methyl sites for hydroxylation is 2. The van der Waals surface area contributed by atoms with Gasteiger partial charge in [-0.1, -0.05) is 28.1 Å². The molecule has 3 nitrogen and oxygen atoms in total. The number of aliphatic hydroxyl groups excluding tert-OH is 1. The first kappa shape index (κ1) is 13.3. The fourth-order valence-electron chi connectivity index (χ4n) is 2.04. The molecule has 2 aromatic rings. The van der Waals surface area contributed by atoms with E-state index in [9.17, 15) is 5.11 Å². The Morgan fingerprint density at radius 1 is 1.33 bits per heavy atom. The van der Waals surface area contributed by atoms with Crippen LogP contribution in [0.2, 0.25) is 0 Å². The number of hydrogen-bond donors (Lipinski definition) is 1. The summed E-state index contributed by atoms with van der Waals surface area (Å²) in [5.74, 6) is 0. The largest absolute Gasteiger partial charge is 0.386 e. The highest BCUT2D eigenvalue weighted by atomic mass is 79.9. The van der Waals surface area contributed by atoms with Gasteiger partial charge < -0.3 is 5.11 Å². The molecule has 0 aliphatic carbocycles. The van der Waals surface area contributed by atoms with Gasteiger partial charge >= 0.3 is 0 Å². The van der Waals surface area contributed by atoms with Crippen molar-refractivity contribution < 1.29 is 5.11 Å². The van der Waals surface area contributed by atoms with Crippen LogP contribution in [0.4, 0.5) is 0 Å². The molecule has 0 radical (unpaired) electrons. The summed E-state index contributed by atoms with van der Waals surface area (Å²) in [7, 11) is 0. The van der Waals surface area contributed by atoms with Crippen molar-refractivity contribution in [3.63, 3.8) is 0 Å². The van der Waals surface area contributed by atoms with Gasteiger partial charge in [0.2, 0.25) is 0 Å². The number of aliphatic hydroxyl groups is 1. The average molecular weight is 309 g/mol. The average Bonchev–Trinajstić information content (AvgIpc) is 2.73. The van der Waals surface area contributed by atoms with E-state index in [1.54, 1.807) is 0 Å². The van der Waals surface area contributed by atoms with E-state index in [1.807, 2.05) is 48.9 Å². The Morgan fingerprint density at radius 2 is 2.00 bits per heavy atom. The zero-order chi connectivity index (χ0) is 13.1. The van der Waals surface area contributed by atoms with Gasteiger partial charge in [-0.3, -0.25) is 4.68 Å². The molecule has 2 rings (SSSR count). The van der Waals surface area contributed by atoms with Gasteiger partial charge in [-0.05, 0) is 37.6 Å². The molecular weight excluding hydrogens is 292 g/mol. The van der Waals surface area contributed by atoms with Crippen molar-refractivity contribution in [2.45, 2.75) is 32.9 Å². The predicted octanol–water partition coefficient (Wildman–Crippen LogP) is 3.25. The standard InChI is InChI=1S/C14H17BrN2O/c1-3-17-13(8-10(2)16-17)14(18)9-11-4-6-12(15)7-5-11/h4-8,14,18H,3,9H2,1-2H3. The van der Waals surface area contributed by atoms with Crippen LogP contribution in [0.25, 0.3) is 0 Å². The summed E-state index contributed by atoms with van der Waals surface area (Å²) in [6.45, 7) is 4.75. The Labute approximate surface area is 116 Å². The normalized spacial score (nSPS) is 12.7. The molecule has 0 bridgehead atoms. The maximum absolute atomic E-state index is 10.3. The fourth-order valence-corrected chi connectivity index (χ4v) is 2.30. The summed E-state index contributed by atoms with van der Waals surface area (Å²) >= 11 is 3.41. The van der Waals surface area contributed by atoms with Crippen LogP contribution in [-0.2, 0) is 13.0 Å². The van der Waals surface area contributed by atoms with E-state index in [1.165, 1.54) is 0 Å². The number of nitrogens with zero attached hydrogens (tertiary/aromatic N) is 2. The van der Waals surface area contributed by atoms with Crippen molar-refractivity contribution in [2.24, 2.45) is 0 Å². The molecule has 4 heteroatoms. The molecule has 1 aromatic carbocycles. The lowest BCUT2D eigenvalue weighted by Crippen LogP contribution is -2.10. The van der Waals surface area contributed by atoms with E-state index in [0.29, 0.717) is 6.42 Å². The zero-order valence-electron chi connectivity index (χ0n) is 10.6. The first-order valence-electron chi connectivity index (χ1n) is 6.07. The van der Waals surface area contributed by atoms with Gasteiger partial charge in [0, 0.05) is 17.4 Å². The van der Waals surface area contributed by atoms with Crippen LogP contribution < -0.4 is 0 Å². The molecule has 1 N–H and O–H groups in total. The van der Waals surface area contributed by atoms with Gasteiger partial charge in [0.25, 0.3) is 0 Å². The van der Waals surface area contributed by atoms with Crippen LogP contribution in [0.1, 0.15) is 30.0 Å². The Bertz CT molecular complexity index is 519. The van der Waals surface area contributed by atoms with Crippen LogP contribution in [0, 0.1) is 6.92 Å². The lowest BCUT2D eigenvalue weighted by atomic mass is 10.1. The molecule has 18 heavy (non-hydrogen) atoms. The van der Waals surface area contributed by atoms with E-state index < -0.39 is 6.10 Å². The van der Waals surface area contributed by atoms with E-state index in [-0.39, 0.29) is 0 Å². The third-order valence-electron chi connectivity index (χ3n) is 2.92. The summed E-state index contributed by atoms with van der Waals surface area (Å²) in [6, 6.07) is 9.97. The monoisotopic (exact) mass is 308 g/mol. The highest BCUT2D eigenvalue weighted by Crippen LogP contribution is 2.20. The number of hydrogen-bond acceptors (Lipinski definition) is 2. The number of rotatable bonds is 4. The zero-order valence-corrected chi connectivity index (χ0v) is 12.2. The molecule has 0 amide bonds. The van der Waals surface area contributed by atoms with Crippen molar-refractivity contribution in [2.75, 3.05) is 0 Å². The Balaban J connectivity index is 2.16. The summed E-state index contributed by atoms with van der Waals surface area (Å²) in [5.41, 5.74) is 2.95. The van der Waals surface area contributed by atoms with Crippen molar-refractivity contribution >= 4 is 15.9 Å². The molecule has 0 fully saturated rings. The Hall–Kier alpha value is -1.13. The van der Waals surface area contributed by atoms with Gasteiger partial charge in [0.15, 0.2) is 0 Å². The molecule has 1 heterocycles. The third-order valence-corrected chi connectivity index (χ3v) is 3.45. The Morgan fingerprint density at radius 3 is 2.61 bits per heavy atom. The smallest absolute Gasteiger partial charge is 0.0996 e. The predicted molar refractivity (Wildman–Crippen MR) is 75.4 cm³/mol. The quantitative estimate of drug-likeness (QED) is 0.941. The molecule has 1 atom stereocenters. The summed E-state index contributed by atoms with van der Waals surface area (Å²) < 4.78 is 2.91. The SMILES string of the molecule is CCn1nc(C)cc1C(O)Cc1ccc(Br)cc1. The number of halogens is 1. The van der Waals surface area contributed by atoms with Crippen molar-refractivity contribution in [3.8, 4) is 0 Å². The highest BCUT2D eigenvalue weighted by molar-refractivity contribution is 9.10. The van der Waals surface area contributed by atoms with Gasteiger partial charge in [-0.2, -0.15) is 5.10 Å². The minimum atomic E-state index is -0.507. The van der Waals surface area contributed by atoms with Crippen LogP contribution in [0.5, 0.6) is 0 Å². The van der Waals surface area contributed by atoms with Crippen molar-refractivity contribution in [1.82, 2.24) is 9.78 Å². The fraction of sp³-hybridized carbons (Fsp3) is 0.357. The molecule has 0 saturated carbocycles. The first-order chi connectivity index (χ1) is 8.60. The highest BCUT2D eigenvalue weighted by Gasteiger charge is 2.14. The number of benzene rings is 1. The second-order valence-corrected chi connectivity index (χ2v) is 5.29. The van der Waals surface area contributed by atoms with Gasteiger partial charge in [0.1, 0.15) is 0 Å². The topological polar surface area (TPSA) is 38.0 Å². The second-order valence-electron chi connectivity index (χ2n) is 4.37. The summed E-state index contributed by atoms with van der Waals surface area (Å²) in [6.07, 6.45) is 0.102. The van der Waals surface area contributed by atoms with E-state index >= 15 is 0 Å². The van der Waals surface area contributed by atoms with E-state index in [0.717, 1.165) is 28.0 Å². The molecule has 0 aliphatic heterocycles. The molecular formula is C14H17BrN2O. The minimum absolute atomic E-state index is 0.507. The maximum Gasteiger partial charge on any atom is 0.0996 e. The molecule has 1 unspecified atom stereocenters. The van der Waals surface area contributed by atoms with Crippen LogP contribution in [0.3, 0.4) is 0 Å². The lowest BCUT2D eigenvalue weighted by Gasteiger charge is -2.12. The van der Waals surface area contributed by atoms with Crippen molar-refractivity contribution in [1.29, 1.82) is 0 Å². The Kier molecular flexibility index (Phi) is 4.19.